The maximum absolute atomic E-state index is 10.7. The molecular weight excluding hydrogens is 146 g/mol. The maximum Gasteiger partial charge on any atom is 0.334 e. The highest BCUT2D eigenvalue weighted by molar-refractivity contribution is 5.75. The summed E-state index contributed by atoms with van der Waals surface area (Å²) in [6, 6.07) is -0.806. The minimum absolute atomic E-state index is 0.493. The van der Waals surface area contributed by atoms with Crippen molar-refractivity contribution in [3.05, 3.63) is 4.91 Å². The summed E-state index contributed by atoms with van der Waals surface area (Å²) in [5.41, 5.74) is 0. The summed E-state index contributed by atoms with van der Waals surface area (Å²) in [5, 5.41) is 2.67. The van der Waals surface area contributed by atoms with Gasteiger partial charge in [0.25, 0.3) is 0 Å². The van der Waals surface area contributed by atoms with Crippen molar-refractivity contribution in [2.24, 2.45) is 5.18 Å². The number of unbranched alkanes of at least 4 members (excludes halogenated alkanes) is 1. The van der Waals surface area contributed by atoms with E-state index in [1.165, 1.54) is 7.11 Å². The van der Waals surface area contributed by atoms with Gasteiger partial charge in [0.05, 0.1) is 7.11 Å². The smallest absolute Gasteiger partial charge is 0.334 e. The maximum atomic E-state index is 10.7. The molecule has 4 nitrogen and oxygen atoms in total. The lowest BCUT2D eigenvalue weighted by Crippen LogP contribution is -2.19. The SMILES string of the molecule is CCCCC(N=O)C(=O)OC. The third-order valence-corrected chi connectivity index (χ3v) is 1.43. The molecule has 0 aliphatic rings. The van der Waals surface area contributed by atoms with Crippen molar-refractivity contribution >= 4 is 5.97 Å². The van der Waals surface area contributed by atoms with Crippen molar-refractivity contribution in [2.75, 3.05) is 7.11 Å². The second-order valence-corrected chi connectivity index (χ2v) is 2.29. The average molecular weight is 159 g/mol. The zero-order valence-corrected chi connectivity index (χ0v) is 6.87. The Bertz CT molecular complexity index is 136. The van der Waals surface area contributed by atoms with Crippen LogP contribution in [-0.2, 0) is 9.53 Å². The molecule has 0 radical (unpaired) electrons. The highest BCUT2D eigenvalue weighted by atomic mass is 16.5. The summed E-state index contributed by atoms with van der Waals surface area (Å²) in [7, 11) is 1.26. The van der Waals surface area contributed by atoms with Crippen LogP contribution in [-0.4, -0.2) is 19.1 Å². The van der Waals surface area contributed by atoms with Crippen molar-refractivity contribution < 1.29 is 9.53 Å². The van der Waals surface area contributed by atoms with Crippen LogP contribution in [0.25, 0.3) is 0 Å². The van der Waals surface area contributed by atoms with Crippen LogP contribution in [0, 0.1) is 4.91 Å². The average Bonchev–Trinajstić information content (AvgIpc) is 2.05. The van der Waals surface area contributed by atoms with Crippen LogP contribution in [0.15, 0.2) is 5.18 Å². The van der Waals surface area contributed by atoms with E-state index in [1.807, 2.05) is 6.92 Å². The van der Waals surface area contributed by atoms with Gasteiger partial charge in [0.15, 0.2) is 6.04 Å². The van der Waals surface area contributed by atoms with Gasteiger partial charge in [0.2, 0.25) is 0 Å². The Labute approximate surface area is 65.9 Å². The molecule has 0 spiro atoms. The Morgan fingerprint density at radius 2 is 2.27 bits per heavy atom. The zero-order valence-electron chi connectivity index (χ0n) is 6.87. The van der Waals surface area contributed by atoms with Crippen molar-refractivity contribution in [3.8, 4) is 0 Å². The number of ether oxygens (including phenoxy) is 1. The van der Waals surface area contributed by atoms with Crippen molar-refractivity contribution in [3.63, 3.8) is 0 Å². The fourth-order valence-electron chi connectivity index (χ4n) is 0.747. The van der Waals surface area contributed by atoms with E-state index in [0.717, 1.165) is 12.8 Å². The molecule has 64 valence electrons. The second-order valence-electron chi connectivity index (χ2n) is 2.29. The predicted octanol–water partition coefficient (Wildman–Crippen LogP) is 1.48. The number of carbonyl (C=O) groups excluding carboxylic acids is 1. The third kappa shape index (κ3) is 3.70. The van der Waals surface area contributed by atoms with Gasteiger partial charge in [-0.05, 0) is 6.42 Å². The highest BCUT2D eigenvalue weighted by Crippen LogP contribution is 2.05. The van der Waals surface area contributed by atoms with Gasteiger partial charge in [-0.1, -0.05) is 24.9 Å². The van der Waals surface area contributed by atoms with Gasteiger partial charge in [-0.25, -0.2) is 4.79 Å². The van der Waals surface area contributed by atoms with Gasteiger partial charge in [0, 0.05) is 0 Å². The number of nitroso groups, excluding NO2 is 1. The van der Waals surface area contributed by atoms with Crippen LogP contribution in [0.5, 0.6) is 0 Å². The Morgan fingerprint density at radius 1 is 1.64 bits per heavy atom. The normalized spacial score (nSPS) is 12.2. The Morgan fingerprint density at radius 3 is 2.64 bits per heavy atom. The number of methoxy groups -OCH3 is 1. The number of esters is 1. The molecule has 0 aromatic carbocycles. The summed E-state index contributed by atoms with van der Waals surface area (Å²) in [6.45, 7) is 1.99. The van der Waals surface area contributed by atoms with E-state index in [1.54, 1.807) is 0 Å². The van der Waals surface area contributed by atoms with Crippen molar-refractivity contribution in [2.45, 2.75) is 32.2 Å². The van der Waals surface area contributed by atoms with Crippen LogP contribution in [0.3, 0.4) is 0 Å². The lowest BCUT2D eigenvalue weighted by atomic mass is 10.1. The topological polar surface area (TPSA) is 55.7 Å². The van der Waals surface area contributed by atoms with E-state index in [4.69, 9.17) is 0 Å². The summed E-state index contributed by atoms with van der Waals surface area (Å²) in [6.07, 6.45) is 2.27. The second kappa shape index (κ2) is 5.82. The third-order valence-electron chi connectivity index (χ3n) is 1.43. The molecular formula is C7H13NO3. The number of carbonyl (C=O) groups is 1. The first-order valence-corrected chi connectivity index (χ1v) is 3.66. The molecule has 0 N–H and O–H groups in total. The molecule has 0 saturated carbocycles. The van der Waals surface area contributed by atoms with Crippen LogP contribution in [0.4, 0.5) is 0 Å². The minimum atomic E-state index is -0.806. The number of rotatable bonds is 5. The lowest BCUT2D eigenvalue weighted by molar-refractivity contribution is -0.142. The summed E-state index contributed by atoms with van der Waals surface area (Å²) in [4.78, 5) is 20.8. The summed E-state index contributed by atoms with van der Waals surface area (Å²) >= 11 is 0. The van der Waals surface area contributed by atoms with Gasteiger partial charge in [0.1, 0.15) is 0 Å². The molecule has 0 saturated heterocycles. The van der Waals surface area contributed by atoms with Crippen LogP contribution < -0.4 is 0 Å². The van der Waals surface area contributed by atoms with Crippen LogP contribution in [0.2, 0.25) is 0 Å². The van der Waals surface area contributed by atoms with E-state index in [9.17, 15) is 9.70 Å². The Balaban J connectivity index is 3.74. The van der Waals surface area contributed by atoms with Gasteiger partial charge in [-0.2, -0.15) is 0 Å². The van der Waals surface area contributed by atoms with E-state index < -0.39 is 12.0 Å². The van der Waals surface area contributed by atoms with Gasteiger partial charge >= 0.3 is 5.97 Å². The van der Waals surface area contributed by atoms with Gasteiger partial charge < -0.3 is 4.74 Å². The largest absolute Gasteiger partial charge is 0.467 e. The Hall–Kier alpha value is -0.930. The zero-order chi connectivity index (χ0) is 8.69. The van der Waals surface area contributed by atoms with E-state index >= 15 is 0 Å². The molecule has 1 unspecified atom stereocenters. The number of hydrogen-bond acceptors (Lipinski definition) is 4. The molecule has 0 aliphatic heterocycles. The van der Waals surface area contributed by atoms with Crippen molar-refractivity contribution in [1.82, 2.24) is 0 Å². The van der Waals surface area contributed by atoms with Crippen molar-refractivity contribution in [1.29, 1.82) is 0 Å². The molecule has 0 fully saturated rings. The first kappa shape index (κ1) is 10.1. The quantitative estimate of drug-likeness (QED) is 0.451. The molecule has 0 aromatic rings. The molecule has 1 atom stereocenters. The highest BCUT2D eigenvalue weighted by Gasteiger charge is 2.18. The molecule has 0 bridgehead atoms. The van der Waals surface area contributed by atoms with E-state index in [2.05, 4.69) is 9.91 Å². The minimum Gasteiger partial charge on any atom is -0.467 e. The molecule has 0 rings (SSSR count). The van der Waals surface area contributed by atoms with E-state index in [-0.39, 0.29) is 0 Å². The predicted molar refractivity (Wildman–Crippen MR) is 41.1 cm³/mol. The first-order chi connectivity index (χ1) is 5.26. The van der Waals surface area contributed by atoms with Gasteiger partial charge in [-0.3, -0.25) is 0 Å². The summed E-state index contributed by atoms with van der Waals surface area (Å²) in [5.74, 6) is -0.534. The number of hydrogen-bond donors (Lipinski definition) is 0. The molecule has 0 amide bonds. The first-order valence-electron chi connectivity index (χ1n) is 3.66. The fraction of sp³-hybridized carbons (Fsp3) is 0.857. The fourth-order valence-corrected chi connectivity index (χ4v) is 0.747. The number of nitrogens with zero attached hydrogens (tertiary/aromatic N) is 1. The molecule has 11 heavy (non-hydrogen) atoms. The monoisotopic (exact) mass is 159 g/mol. The molecule has 0 aromatic heterocycles. The van der Waals surface area contributed by atoms with Crippen LogP contribution in [0.1, 0.15) is 26.2 Å². The summed E-state index contributed by atoms with van der Waals surface area (Å²) < 4.78 is 4.37. The lowest BCUT2D eigenvalue weighted by Gasteiger charge is -2.04. The molecule has 4 heteroatoms. The van der Waals surface area contributed by atoms with E-state index in [0.29, 0.717) is 6.42 Å². The van der Waals surface area contributed by atoms with Gasteiger partial charge in [-0.15, -0.1) is 4.91 Å². The molecule has 0 aliphatic carbocycles. The van der Waals surface area contributed by atoms with Crippen LogP contribution >= 0.6 is 0 Å². The molecule has 0 heterocycles. The Kier molecular flexibility index (Phi) is 5.33. The standard InChI is InChI=1S/C7H13NO3/c1-3-4-5-6(8-10)7(9)11-2/h6H,3-5H2,1-2H3.